The van der Waals surface area contributed by atoms with Gasteiger partial charge in [0.25, 0.3) is 0 Å². The van der Waals surface area contributed by atoms with Gasteiger partial charge in [0.2, 0.25) is 0 Å². The van der Waals surface area contributed by atoms with E-state index in [0.29, 0.717) is 16.6 Å². The maximum Gasteiger partial charge on any atom is 0.419 e. The predicted molar refractivity (Wildman–Crippen MR) is 104 cm³/mol. The van der Waals surface area contributed by atoms with E-state index in [1.54, 1.807) is 31.2 Å². The van der Waals surface area contributed by atoms with Crippen molar-refractivity contribution >= 4 is 16.7 Å². The van der Waals surface area contributed by atoms with Crippen LogP contribution in [0.3, 0.4) is 0 Å². The van der Waals surface area contributed by atoms with Crippen LogP contribution in [-0.4, -0.2) is 29.3 Å². The molecule has 1 aromatic heterocycles. The average Bonchev–Trinajstić information content (AvgIpc) is 2.71. The number of aliphatic carboxylic acids is 1. The maximum absolute atomic E-state index is 14.1. The van der Waals surface area contributed by atoms with Gasteiger partial charge in [0.1, 0.15) is 13.2 Å². The highest BCUT2D eigenvalue weighted by Gasteiger charge is 2.38. The van der Waals surface area contributed by atoms with E-state index in [0.717, 1.165) is 0 Å². The van der Waals surface area contributed by atoms with Gasteiger partial charge in [-0.15, -0.1) is 0 Å². The summed E-state index contributed by atoms with van der Waals surface area (Å²) >= 11 is 0. The summed E-state index contributed by atoms with van der Waals surface area (Å²) in [5, 5.41) is 9.45. The van der Waals surface area contributed by atoms with Crippen molar-refractivity contribution in [3.8, 4) is 22.8 Å². The number of rotatable bonds is 4. The van der Waals surface area contributed by atoms with Crippen molar-refractivity contribution in [3.05, 3.63) is 53.2 Å². The molecule has 1 aliphatic rings. The normalized spacial score (nSPS) is 13.5. The highest BCUT2D eigenvalue weighted by molar-refractivity contribution is 5.93. The van der Waals surface area contributed by atoms with Crippen LogP contribution >= 0.6 is 0 Å². The smallest absolute Gasteiger partial charge is 0.419 e. The first kappa shape index (κ1) is 20.0. The molecule has 30 heavy (non-hydrogen) atoms. The summed E-state index contributed by atoms with van der Waals surface area (Å²) in [4.78, 5) is 15.2. The third-order valence-electron chi connectivity index (χ3n) is 5.02. The second-order valence-electron chi connectivity index (χ2n) is 6.99. The van der Waals surface area contributed by atoms with Crippen LogP contribution in [0.1, 0.15) is 23.2 Å². The minimum absolute atomic E-state index is 0.0629. The Morgan fingerprint density at radius 2 is 1.73 bits per heavy atom. The van der Waals surface area contributed by atoms with Crippen LogP contribution in [0.15, 0.2) is 36.4 Å². The van der Waals surface area contributed by atoms with Crippen molar-refractivity contribution in [2.24, 2.45) is 0 Å². The number of nitrogens with zero attached hydrogens (tertiary/aromatic N) is 1. The molecule has 0 bridgehead atoms. The fourth-order valence-electron chi connectivity index (χ4n) is 3.73. The number of carboxylic acid groups (broad SMARTS) is 1. The summed E-state index contributed by atoms with van der Waals surface area (Å²) in [6.45, 7) is 2.07. The second-order valence-corrected chi connectivity index (χ2v) is 6.99. The Kier molecular flexibility index (Phi) is 5.01. The molecule has 0 atom stereocenters. The molecule has 2 heterocycles. The van der Waals surface area contributed by atoms with E-state index < -0.39 is 17.7 Å². The Labute approximate surface area is 170 Å². The number of benzene rings is 2. The molecule has 0 aliphatic carbocycles. The summed E-state index contributed by atoms with van der Waals surface area (Å²) in [6.07, 6.45) is -4.59. The molecule has 0 amide bonds. The van der Waals surface area contributed by atoms with Crippen LogP contribution in [-0.2, 0) is 17.4 Å². The van der Waals surface area contributed by atoms with Gasteiger partial charge in [0.05, 0.1) is 11.3 Å². The Hall–Kier alpha value is -3.29. The zero-order valence-electron chi connectivity index (χ0n) is 16.0. The Morgan fingerprint density at radius 1 is 1.07 bits per heavy atom. The molecule has 0 unspecified atom stereocenters. The lowest BCUT2D eigenvalue weighted by molar-refractivity contribution is -0.137. The van der Waals surface area contributed by atoms with Gasteiger partial charge in [-0.05, 0) is 30.4 Å². The van der Waals surface area contributed by atoms with Gasteiger partial charge in [-0.1, -0.05) is 30.3 Å². The monoisotopic (exact) mass is 417 g/mol. The van der Waals surface area contributed by atoms with Gasteiger partial charge in [0, 0.05) is 23.1 Å². The highest BCUT2D eigenvalue weighted by Crippen LogP contribution is 2.48. The first-order valence-electron chi connectivity index (χ1n) is 9.37. The SMILES string of the molecule is Cc1nc(-c2ccc(CCC(=O)O)c3c2OCCO3)c(C(F)(F)F)c2ccccc12. The van der Waals surface area contributed by atoms with E-state index >= 15 is 0 Å². The minimum Gasteiger partial charge on any atom is -0.486 e. The van der Waals surface area contributed by atoms with Crippen LogP contribution in [0.4, 0.5) is 13.2 Å². The average molecular weight is 417 g/mol. The lowest BCUT2D eigenvalue weighted by Crippen LogP contribution is -2.18. The molecule has 4 rings (SSSR count). The molecule has 1 N–H and O–H groups in total. The fraction of sp³-hybridized carbons (Fsp3) is 0.273. The van der Waals surface area contributed by atoms with Crippen molar-refractivity contribution in [3.63, 3.8) is 0 Å². The topological polar surface area (TPSA) is 68.7 Å². The summed E-state index contributed by atoms with van der Waals surface area (Å²) in [6, 6.07) is 9.36. The molecule has 0 saturated carbocycles. The molecule has 0 radical (unpaired) electrons. The number of hydrogen-bond acceptors (Lipinski definition) is 4. The molecule has 3 aromatic rings. The van der Waals surface area contributed by atoms with Crippen LogP contribution in [0.5, 0.6) is 11.5 Å². The molecular weight excluding hydrogens is 399 g/mol. The van der Waals surface area contributed by atoms with Gasteiger partial charge in [-0.2, -0.15) is 13.2 Å². The Morgan fingerprint density at radius 3 is 2.40 bits per heavy atom. The van der Waals surface area contributed by atoms with E-state index in [-0.39, 0.29) is 54.2 Å². The first-order chi connectivity index (χ1) is 14.3. The number of aromatic nitrogens is 1. The molecule has 156 valence electrons. The Balaban J connectivity index is 1.98. The van der Waals surface area contributed by atoms with Gasteiger partial charge >= 0.3 is 12.1 Å². The zero-order valence-corrected chi connectivity index (χ0v) is 16.0. The molecule has 0 fully saturated rings. The number of aryl methyl sites for hydroxylation is 2. The van der Waals surface area contributed by atoms with Gasteiger partial charge in [0.15, 0.2) is 11.5 Å². The van der Waals surface area contributed by atoms with Crippen LogP contribution in [0.25, 0.3) is 22.0 Å². The van der Waals surface area contributed by atoms with Crippen molar-refractivity contribution in [2.75, 3.05) is 13.2 Å². The van der Waals surface area contributed by atoms with Gasteiger partial charge in [-0.3, -0.25) is 9.78 Å². The molecular formula is C22H18F3NO4. The lowest BCUT2D eigenvalue weighted by atomic mass is 9.95. The molecule has 8 heteroatoms. The number of carboxylic acids is 1. The zero-order chi connectivity index (χ0) is 21.5. The molecule has 0 spiro atoms. The summed E-state index contributed by atoms with van der Waals surface area (Å²) < 4.78 is 53.8. The highest BCUT2D eigenvalue weighted by atomic mass is 19.4. The third kappa shape index (κ3) is 3.53. The van der Waals surface area contributed by atoms with Crippen LogP contribution in [0, 0.1) is 6.92 Å². The summed E-state index contributed by atoms with van der Waals surface area (Å²) in [7, 11) is 0. The van der Waals surface area contributed by atoms with Crippen molar-refractivity contribution in [1.29, 1.82) is 0 Å². The quantitative estimate of drug-likeness (QED) is 0.646. The number of alkyl halides is 3. The van der Waals surface area contributed by atoms with Gasteiger partial charge < -0.3 is 14.6 Å². The standard InChI is InChI=1S/C22H18F3NO4/c1-12-14-4-2-3-5-15(14)18(22(23,24)25)19(26-12)16-8-6-13(7-9-17(27)28)20-21(16)30-11-10-29-20/h2-6,8H,7,9-11H2,1H3,(H,27,28). The number of ether oxygens (including phenoxy) is 2. The van der Waals surface area contributed by atoms with E-state index in [9.17, 15) is 18.0 Å². The first-order valence-corrected chi connectivity index (χ1v) is 9.37. The van der Waals surface area contributed by atoms with E-state index in [2.05, 4.69) is 4.98 Å². The number of pyridine rings is 1. The number of halogens is 3. The largest absolute Gasteiger partial charge is 0.486 e. The number of fused-ring (bicyclic) bond motifs is 2. The second kappa shape index (κ2) is 7.51. The number of carbonyl (C=O) groups is 1. The van der Waals surface area contributed by atoms with E-state index in [4.69, 9.17) is 14.6 Å². The van der Waals surface area contributed by atoms with Gasteiger partial charge in [-0.25, -0.2) is 0 Å². The van der Waals surface area contributed by atoms with Crippen LogP contribution < -0.4 is 9.47 Å². The molecule has 2 aromatic carbocycles. The Bertz CT molecular complexity index is 1140. The van der Waals surface area contributed by atoms with E-state index in [1.165, 1.54) is 12.1 Å². The lowest BCUT2D eigenvalue weighted by Gasteiger charge is -2.25. The number of hydrogen-bond donors (Lipinski definition) is 1. The van der Waals surface area contributed by atoms with Crippen molar-refractivity contribution in [1.82, 2.24) is 4.98 Å². The molecule has 5 nitrogen and oxygen atoms in total. The summed E-state index contributed by atoms with van der Waals surface area (Å²) in [5.74, 6) is -0.534. The van der Waals surface area contributed by atoms with E-state index in [1.807, 2.05) is 0 Å². The van der Waals surface area contributed by atoms with Crippen molar-refractivity contribution in [2.45, 2.75) is 25.9 Å². The minimum atomic E-state index is -4.64. The third-order valence-corrected chi connectivity index (χ3v) is 5.02. The van der Waals surface area contributed by atoms with Crippen LogP contribution in [0.2, 0.25) is 0 Å². The molecule has 0 saturated heterocycles. The fourth-order valence-corrected chi connectivity index (χ4v) is 3.73. The van der Waals surface area contributed by atoms with Crippen molar-refractivity contribution < 1.29 is 32.5 Å². The molecule has 1 aliphatic heterocycles. The maximum atomic E-state index is 14.1. The summed E-state index contributed by atoms with van der Waals surface area (Å²) in [5.41, 5.74) is 0.143. The predicted octanol–water partition coefficient (Wildman–Crippen LogP) is 5.02.